The zero-order valence-corrected chi connectivity index (χ0v) is 23.1. The van der Waals surface area contributed by atoms with Gasteiger partial charge in [0, 0.05) is 30.2 Å². The van der Waals surface area contributed by atoms with Crippen molar-refractivity contribution in [1.82, 2.24) is 15.3 Å². The predicted molar refractivity (Wildman–Crippen MR) is 158 cm³/mol. The molecule has 0 unspecified atom stereocenters. The standard InChI is InChI=1S/C32H29FN6O4/c33-21-7-9-22(10-8-21)39(30(42)32(16-17-32)29(34)41)23-11-13-24(14-12-23)43-27-15-18-35-31(38-27)37-26-4-2-1-3-25(26)28(40)36-19-20-5-6-20/h1-4,7-15,18,20H,5-6,16-17,19H2,(H2,34,41)(H,36,40)(H,35,37,38). The molecule has 6 rings (SSSR count). The lowest BCUT2D eigenvalue weighted by Crippen LogP contribution is -2.41. The third-order valence-corrected chi connectivity index (χ3v) is 7.53. The van der Waals surface area contributed by atoms with E-state index < -0.39 is 23.0 Å². The topological polar surface area (TPSA) is 140 Å². The monoisotopic (exact) mass is 580 g/mol. The highest BCUT2D eigenvalue weighted by Gasteiger charge is 2.57. The van der Waals surface area contributed by atoms with Crippen molar-refractivity contribution in [2.45, 2.75) is 25.7 Å². The Kier molecular flexibility index (Phi) is 7.45. The molecule has 2 aliphatic rings. The molecule has 0 bridgehead atoms. The van der Waals surface area contributed by atoms with Gasteiger partial charge in [-0.3, -0.25) is 19.3 Å². The number of nitrogens with zero attached hydrogens (tertiary/aromatic N) is 3. The summed E-state index contributed by atoms with van der Waals surface area (Å²) in [6.45, 7) is 0.660. The van der Waals surface area contributed by atoms with Gasteiger partial charge in [0.1, 0.15) is 17.0 Å². The summed E-state index contributed by atoms with van der Waals surface area (Å²) in [5.74, 6) is -0.284. The molecular formula is C32H29FN6O4. The minimum Gasteiger partial charge on any atom is -0.439 e. The van der Waals surface area contributed by atoms with Crippen molar-refractivity contribution in [3.05, 3.63) is 96.4 Å². The Balaban J connectivity index is 1.18. The maximum absolute atomic E-state index is 13.6. The average Bonchev–Trinajstić information content (AvgIpc) is 3.94. The largest absolute Gasteiger partial charge is 0.439 e. The van der Waals surface area contributed by atoms with Gasteiger partial charge in [0.05, 0.1) is 11.3 Å². The van der Waals surface area contributed by atoms with Crippen molar-refractivity contribution in [2.24, 2.45) is 17.1 Å². The summed E-state index contributed by atoms with van der Waals surface area (Å²) >= 11 is 0. The summed E-state index contributed by atoms with van der Waals surface area (Å²) in [5, 5.41) is 6.07. The van der Waals surface area contributed by atoms with E-state index in [2.05, 4.69) is 20.6 Å². The Morgan fingerprint density at radius 3 is 2.28 bits per heavy atom. The zero-order chi connectivity index (χ0) is 30.0. The van der Waals surface area contributed by atoms with Gasteiger partial charge in [-0.1, -0.05) is 12.1 Å². The van der Waals surface area contributed by atoms with Crippen LogP contribution in [0.5, 0.6) is 11.6 Å². The maximum Gasteiger partial charge on any atom is 0.253 e. The quantitative estimate of drug-likeness (QED) is 0.207. The number of nitrogens with one attached hydrogen (secondary N) is 2. The van der Waals surface area contributed by atoms with Gasteiger partial charge >= 0.3 is 0 Å². The molecular weight excluding hydrogens is 551 g/mol. The Hall–Kier alpha value is -5.32. The summed E-state index contributed by atoms with van der Waals surface area (Å²) in [7, 11) is 0. The molecule has 0 aliphatic heterocycles. The molecule has 4 N–H and O–H groups in total. The number of carbonyl (C=O) groups excluding carboxylic acids is 3. The van der Waals surface area contributed by atoms with Crippen LogP contribution in [0.3, 0.4) is 0 Å². The van der Waals surface area contributed by atoms with Crippen molar-refractivity contribution in [3.63, 3.8) is 0 Å². The number of anilines is 4. The first-order valence-corrected chi connectivity index (χ1v) is 14.0. The SMILES string of the molecule is NC(=O)C1(C(=O)N(c2ccc(F)cc2)c2ccc(Oc3ccnc(Nc4ccccc4C(=O)NCC4CC4)n3)cc2)CC1. The molecule has 2 saturated carbocycles. The predicted octanol–water partition coefficient (Wildman–Crippen LogP) is 5.22. The number of hydrogen-bond acceptors (Lipinski definition) is 7. The van der Waals surface area contributed by atoms with Crippen LogP contribution in [0.2, 0.25) is 0 Å². The number of hydrogen-bond donors (Lipinski definition) is 3. The Labute approximate surface area is 247 Å². The molecule has 1 heterocycles. The van der Waals surface area contributed by atoms with Crippen LogP contribution in [-0.2, 0) is 9.59 Å². The molecule has 3 aromatic carbocycles. The first kappa shape index (κ1) is 27.8. The van der Waals surface area contributed by atoms with Crippen LogP contribution in [0.1, 0.15) is 36.0 Å². The first-order valence-electron chi connectivity index (χ1n) is 14.0. The van der Waals surface area contributed by atoms with Crippen molar-refractivity contribution < 1.29 is 23.5 Å². The molecule has 2 fully saturated rings. The Bertz CT molecular complexity index is 1670. The fourth-order valence-corrected chi connectivity index (χ4v) is 4.69. The number of ether oxygens (including phenoxy) is 1. The lowest BCUT2D eigenvalue weighted by molar-refractivity contribution is -0.133. The fourth-order valence-electron chi connectivity index (χ4n) is 4.69. The molecule has 4 aromatic rings. The van der Waals surface area contributed by atoms with Crippen LogP contribution in [0.15, 0.2) is 85.1 Å². The summed E-state index contributed by atoms with van der Waals surface area (Å²) in [5.41, 5.74) is 6.20. The number of carbonyl (C=O) groups is 3. The number of rotatable bonds is 11. The van der Waals surface area contributed by atoms with E-state index in [1.807, 2.05) is 6.07 Å². The van der Waals surface area contributed by atoms with Crippen LogP contribution in [0.4, 0.5) is 27.4 Å². The van der Waals surface area contributed by atoms with E-state index in [4.69, 9.17) is 10.5 Å². The molecule has 1 aromatic heterocycles. The Morgan fingerprint density at radius 2 is 1.63 bits per heavy atom. The van der Waals surface area contributed by atoms with E-state index in [9.17, 15) is 18.8 Å². The number of nitrogens with two attached hydrogens (primary N) is 1. The average molecular weight is 581 g/mol. The second kappa shape index (κ2) is 11.5. The molecule has 0 spiro atoms. The van der Waals surface area contributed by atoms with Gasteiger partial charge in [0.15, 0.2) is 0 Å². The minimum absolute atomic E-state index is 0.168. The number of amides is 3. The van der Waals surface area contributed by atoms with Gasteiger partial charge in [-0.15, -0.1) is 0 Å². The van der Waals surface area contributed by atoms with Gasteiger partial charge in [-0.2, -0.15) is 4.98 Å². The Morgan fingerprint density at radius 1 is 0.953 bits per heavy atom. The number of aromatic nitrogens is 2. The molecule has 10 nitrogen and oxygen atoms in total. The van der Waals surface area contributed by atoms with Crippen LogP contribution < -0.4 is 26.0 Å². The first-order chi connectivity index (χ1) is 20.8. The van der Waals surface area contributed by atoms with Crippen LogP contribution in [0, 0.1) is 17.2 Å². The van der Waals surface area contributed by atoms with E-state index in [0.29, 0.717) is 53.7 Å². The molecule has 3 amide bonds. The van der Waals surface area contributed by atoms with Gasteiger partial charge in [0.2, 0.25) is 23.6 Å². The van der Waals surface area contributed by atoms with Crippen LogP contribution in [-0.4, -0.2) is 34.2 Å². The number of para-hydroxylation sites is 1. The smallest absolute Gasteiger partial charge is 0.253 e. The number of halogens is 1. The highest BCUT2D eigenvalue weighted by atomic mass is 19.1. The van der Waals surface area contributed by atoms with E-state index in [0.717, 1.165) is 12.8 Å². The van der Waals surface area contributed by atoms with Crippen LogP contribution in [0.25, 0.3) is 0 Å². The van der Waals surface area contributed by atoms with E-state index in [1.165, 1.54) is 35.4 Å². The third kappa shape index (κ3) is 6.15. The zero-order valence-electron chi connectivity index (χ0n) is 23.1. The van der Waals surface area contributed by atoms with Gasteiger partial charge in [-0.05, 0) is 92.3 Å². The molecule has 11 heteroatoms. The summed E-state index contributed by atoms with van der Waals surface area (Å²) in [6.07, 6.45) is 4.54. The summed E-state index contributed by atoms with van der Waals surface area (Å²) in [4.78, 5) is 48.4. The molecule has 0 radical (unpaired) electrons. The lowest BCUT2D eigenvalue weighted by Gasteiger charge is -2.26. The molecule has 0 atom stereocenters. The van der Waals surface area contributed by atoms with Crippen molar-refractivity contribution in [1.29, 1.82) is 0 Å². The van der Waals surface area contributed by atoms with E-state index in [1.54, 1.807) is 48.5 Å². The highest BCUT2D eigenvalue weighted by molar-refractivity contribution is 6.16. The molecule has 2 aliphatic carbocycles. The van der Waals surface area contributed by atoms with Crippen molar-refractivity contribution in [2.75, 3.05) is 16.8 Å². The van der Waals surface area contributed by atoms with Gasteiger partial charge in [0.25, 0.3) is 5.91 Å². The second-order valence-corrected chi connectivity index (χ2v) is 10.7. The number of primary amides is 1. The minimum atomic E-state index is -1.27. The van der Waals surface area contributed by atoms with E-state index in [-0.39, 0.29) is 17.7 Å². The molecule has 218 valence electrons. The lowest BCUT2D eigenvalue weighted by atomic mass is 10.0. The number of benzene rings is 3. The van der Waals surface area contributed by atoms with Crippen LogP contribution >= 0.6 is 0 Å². The normalized spacial score (nSPS) is 14.8. The highest BCUT2D eigenvalue weighted by Crippen LogP contribution is 2.49. The van der Waals surface area contributed by atoms with E-state index >= 15 is 0 Å². The third-order valence-electron chi connectivity index (χ3n) is 7.53. The van der Waals surface area contributed by atoms with Crippen molar-refractivity contribution in [3.8, 4) is 11.6 Å². The second-order valence-electron chi connectivity index (χ2n) is 10.7. The fraction of sp³-hybridized carbons (Fsp3) is 0.219. The van der Waals surface area contributed by atoms with Gasteiger partial charge in [-0.25, -0.2) is 9.37 Å². The summed E-state index contributed by atoms with van der Waals surface area (Å²) < 4.78 is 19.6. The maximum atomic E-state index is 13.6. The van der Waals surface area contributed by atoms with Gasteiger partial charge < -0.3 is 21.1 Å². The molecule has 43 heavy (non-hydrogen) atoms. The summed E-state index contributed by atoms with van der Waals surface area (Å²) in [6, 6.07) is 20.8. The van der Waals surface area contributed by atoms with Crippen molar-refractivity contribution >= 4 is 40.7 Å². The molecule has 0 saturated heterocycles.